The number of aryl methyl sites for hydroxylation is 1. The van der Waals surface area contributed by atoms with Crippen LogP contribution in [-0.4, -0.2) is 36.8 Å². The van der Waals surface area contributed by atoms with Gasteiger partial charge < -0.3 is 14.0 Å². The minimum Gasteiger partial charge on any atom is -0.486 e. The lowest BCUT2D eigenvalue weighted by molar-refractivity contribution is 0.0943. The molecule has 0 amide bonds. The second-order valence-corrected chi connectivity index (χ2v) is 7.34. The normalized spacial score (nSPS) is 16.6. The summed E-state index contributed by atoms with van der Waals surface area (Å²) in [6, 6.07) is 7.06. The van der Waals surface area contributed by atoms with Crippen molar-refractivity contribution in [3.05, 3.63) is 51.3 Å². The molecule has 1 aliphatic rings. The van der Waals surface area contributed by atoms with Gasteiger partial charge >= 0.3 is 5.69 Å². The number of nitrogens with zero attached hydrogens (tertiary/aromatic N) is 2. The van der Waals surface area contributed by atoms with Crippen LogP contribution in [0.15, 0.2) is 44.9 Å². The Kier molecular flexibility index (Phi) is 4.39. The highest BCUT2D eigenvalue weighted by Gasteiger charge is 2.26. The van der Waals surface area contributed by atoms with Crippen LogP contribution in [-0.2, 0) is 24.1 Å². The van der Waals surface area contributed by atoms with Crippen LogP contribution >= 0.6 is 0 Å². The SMILES string of the molecule is Cn1cc(S(=O)(=O)NCC2COc3ccccc3O2)c(=O)n(C)c1=O. The Morgan fingerprint density at radius 3 is 2.60 bits per heavy atom. The molecule has 10 heteroatoms. The smallest absolute Gasteiger partial charge is 0.330 e. The summed E-state index contributed by atoms with van der Waals surface area (Å²) in [5.41, 5.74) is -1.49. The van der Waals surface area contributed by atoms with Gasteiger partial charge in [0.2, 0.25) is 10.0 Å². The van der Waals surface area contributed by atoms with E-state index in [1.54, 1.807) is 24.3 Å². The first-order valence-corrected chi connectivity index (χ1v) is 8.93. The van der Waals surface area contributed by atoms with Gasteiger partial charge in [-0.2, -0.15) is 0 Å². The molecule has 1 unspecified atom stereocenters. The number of ether oxygens (including phenoxy) is 2. The molecule has 134 valence electrons. The largest absolute Gasteiger partial charge is 0.486 e. The average molecular weight is 367 g/mol. The number of sulfonamides is 1. The Bertz CT molecular complexity index is 1020. The highest BCUT2D eigenvalue weighted by molar-refractivity contribution is 7.89. The molecule has 1 aromatic carbocycles. The van der Waals surface area contributed by atoms with Gasteiger partial charge in [0, 0.05) is 20.3 Å². The van der Waals surface area contributed by atoms with Gasteiger partial charge in [-0.3, -0.25) is 9.36 Å². The standard InChI is InChI=1S/C15H17N3O6S/c1-17-8-13(14(19)18(2)15(17)20)25(21,22)16-7-10-9-23-11-5-3-4-6-12(11)24-10/h3-6,8,10,16H,7,9H2,1-2H3. The zero-order chi connectivity index (χ0) is 18.2. The van der Waals surface area contributed by atoms with Crippen LogP contribution in [0.4, 0.5) is 0 Å². The Labute approximate surface area is 143 Å². The fraction of sp³-hybridized carbons (Fsp3) is 0.333. The zero-order valence-corrected chi connectivity index (χ0v) is 14.4. The van der Waals surface area contributed by atoms with Crippen molar-refractivity contribution in [1.82, 2.24) is 13.9 Å². The van der Waals surface area contributed by atoms with Crippen molar-refractivity contribution in [2.75, 3.05) is 13.2 Å². The number of fused-ring (bicyclic) bond motifs is 1. The van der Waals surface area contributed by atoms with Crippen molar-refractivity contribution in [2.24, 2.45) is 14.1 Å². The Balaban J connectivity index is 1.78. The predicted molar refractivity (Wildman–Crippen MR) is 88.5 cm³/mol. The number of hydrogen-bond acceptors (Lipinski definition) is 6. The molecule has 3 rings (SSSR count). The third-order valence-corrected chi connectivity index (χ3v) is 5.18. The molecule has 1 N–H and O–H groups in total. The first kappa shape index (κ1) is 17.2. The van der Waals surface area contributed by atoms with Crippen LogP contribution in [0.25, 0.3) is 0 Å². The number of nitrogens with one attached hydrogen (secondary N) is 1. The molecule has 0 spiro atoms. The maximum atomic E-state index is 12.4. The lowest BCUT2D eigenvalue weighted by Gasteiger charge is -2.26. The molecule has 2 heterocycles. The van der Waals surface area contributed by atoms with E-state index in [0.29, 0.717) is 11.5 Å². The molecule has 1 aliphatic heterocycles. The fourth-order valence-corrected chi connectivity index (χ4v) is 3.63. The molecule has 0 saturated carbocycles. The van der Waals surface area contributed by atoms with Crippen molar-refractivity contribution in [3.8, 4) is 11.5 Å². The van der Waals surface area contributed by atoms with E-state index in [2.05, 4.69) is 4.72 Å². The van der Waals surface area contributed by atoms with E-state index in [9.17, 15) is 18.0 Å². The number of aromatic nitrogens is 2. The van der Waals surface area contributed by atoms with Gasteiger partial charge in [0.25, 0.3) is 5.56 Å². The first-order valence-electron chi connectivity index (χ1n) is 7.44. The minimum atomic E-state index is -4.11. The number of hydrogen-bond donors (Lipinski definition) is 1. The van der Waals surface area contributed by atoms with E-state index in [0.717, 1.165) is 15.3 Å². The number of rotatable bonds is 4. The van der Waals surface area contributed by atoms with Crippen LogP contribution in [0.3, 0.4) is 0 Å². The zero-order valence-electron chi connectivity index (χ0n) is 13.6. The summed E-state index contributed by atoms with van der Waals surface area (Å²) in [6.07, 6.45) is 0.460. The van der Waals surface area contributed by atoms with Crippen LogP contribution in [0.2, 0.25) is 0 Å². The van der Waals surface area contributed by atoms with Crippen molar-refractivity contribution in [3.63, 3.8) is 0 Å². The molecule has 0 bridgehead atoms. The van der Waals surface area contributed by atoms with Gasteiger partial charge in [-0.05, 0) is 12.1 Å². The van der Waals surface area contributed by atoms with E-state index in [1.807, 2.05) is 0 Å². The predicted octanol–water partition coefficient (Wildman–Crippen LogP) is -0.798. The maximum absolute atomic E-state index is 12.4. The molecule has 25 heavy (non-hydrogen) atoms. The van der Waals surface area contributed by atoms with Crippen LogP contribution in [0.5, 0.6) is 11.5 Å². The van der Waals surface area contributed by atoms with Gasteiger partial charge in [0.15, 0.2) is 16.4 Å². The average Bonchev–Trinajstić information content (AvgIpc) is 2.61. The lowest BCUT2D eigenvalue weighted by atomic mass is 10.2. The number of para-hydroxylation sites is 2. The van der Waals surface area contributed by atoms with Crippen LogP contribution in [0, 0.1) is 0 Å². The molecule has 0 aliphatic carbocycles. The molecule has 1 aromatic heterocycles. The van der Waals surface area contributed by atoms with Gasteiger partial charge in [-0.15, -0.1) is 0 Å². The van der Waals surface area contributed by atoms with Crippen LogP contribution < -0.4 is 25.4 Å². The molecule has 2 aromatic rings. The first-order chi connectivity index (χ1) is 11.8. The van der Waals surface area contributed by atoms with E-state index in [4.69, 9.17) is 9.47 Å². The third kappa shape index (κ3) is 3.30. The van der Waals surface area contributed by atoms with Gasteiger partial charge in [-0.25, -0.2) is 17.9 Å². The van der Waals surface area contributed by atoms with Crippen LogP contribution in [0.1, 0.15) is 0 Å². The maximum Gasteiger partial charge on any atom is 0.330 e. The summed E-state index contributed by atoms with van der Waals surface area (Å²) in [5.74, 6) is 1.12. The Morgan fingerprint density at radius 2 is 1.88 bits per heavy atom. The Hall–Kier alpha value is -2.59. The summed E-state index contributed by atoms with van der Waals surface area (Å²) in [6.45, 7) is 0.0908. The second-order valence-electron chi connectivity index (χ2n) is 5.60. The monoisotopic (exact) mass is 367 g/mol. The summed E-state index contributed by atoms with van der Waals surface area (Å²) < 4.78 is 40.1. The summed E-state index contributed by atoms with van der Waals surface area (Å²) in [7, 11) is -1.52. The summed E-state index contributed by atoms with van der Waals surface area (Å²) in [5, 5.41) is 0. The fourth-order valence-electron chi connectivity index (χ4n) is 2.40. The van der Waals surface area contributed by atoms with Gasteiger partial charge in [0.1, 0.15) is 12.7 Å². The minimum absolute atomic E-state index is 0.0807. The van der Waals surface area contributed by atoms with Crippen molar-refractivity contribution >= 4 is 10.0 Å². The number of benzene rings is 1. The van der Waals surface area contributed by atoms with E-state index in [-0.39, 0.29) is 13.2 Å². The molecular weight excluding hydrogens is 350 g/mol. The molecule has 1 atom stereocenters. The molecule has 0 saturated heterocycles. The van der Waals surface area contributed by atoms with Crippen molar-refractivity contribution in [1.29, 1.82) is 0 Å². The van der Waals surface area contributed by atoms with E-state index < -0.39 is 32.3 Å². The lowest BCUT2D eigenvalue weighted by Crippen LogP contribution is -2.44. The molecular formula is C15H17N3O6S. The highest BCUT2D eigenvalue weighted by Crippen LogP contribution is 2.30. The Morgan fingerprint density at radius 1 is 1.20 bits per heavy atom. The van der Waals surface area contributed by atoms with E-state index >= 15 is 0 Å². The molecule has 0 radical (unpaired) electrons. The van der Waals surface area contributed by atoms with Crippen molar-refractivity contribution in [2.45, 2.75) is 11.0 Å². The molecule has 0 fully saturated rings. The third-order valence-electron chi connectivity index (χ3n) is 3.77. The van der Waals surface area contributed by atoms with Gasteiger partial charge in [0.05, 0.1) is 6.54 Å². The molecule has 9 nitrogen and oxygen atoms in total. The summed E-state index contributed by atoms with van der Waals surface area (Å²) >= 11 is 0. The highest BCUT2D eigenvalue weighted by atomic mass is 32.2. The summed E-state index contributed by atoms with van der Waals surface area (Å²) in [4.78, 5) is 23.2. The quantitative estimate of drug-likeness (QED) is 0.758. The topological polar surface area (TPSA) is 109 Å². The van der Waals surface area contributed by atoms with Crippen molar-refractivity contribution < 1.29 is 17.9 Å². The second kappa shape index (κ2) is 6.37. The van der Waals surface area contributed by atoms with Gasteiger partial charge in [-0.1, -0.05) is 12.1 Å². The van der Waals surface area contributed by atoms with E-state index in [1.165, 1.54) is 14.1 Å².